The SMILES string of the molecule is CN1CCC(O)(CNC(=O)CNC(=O)c2c(F)cccc2F)CC1. The van der Waals surface area contributed by atoms with Crippen LogP contribution in [0, 0.1) is 11.6 Å². The van der Waals surface area contributed by atoms with Crippen molar-refractivity contribution in [1.29, 1.82) is 0 Å². The highest BCUT2D eigenvalue weighted by atomic mass is 19.1. The lowest BCUT2D eigenvalue weighted by Gasteiger charge is -2.36. The van der Waals surface area contributed by atoms with Gasteiger partial charge in [0.05, 0.1) is 12.1 Å². The number of piperidine rings is 1. The van der Waals surface area contributed by atoms with E-state index in [9.17, 15) is 23.5 Å². The number of carbonyl (C=O) groups excluding carboxylic acids is 2. The molecule has 1 aromatic rings. The van der Waals surface area contributed by atoms with Crippen LogP contribution in [0.4, 0.5) is 8.78 Å². The first-order valence-corrected chi connectivity index (χ1v) is 7.70. The Morgan fingerprint density at radius 1 is 1.21 bits per heavy atom. The van der Waals surface area contributed by atoms with Gasteiger partial charge in [-0.05, 0) is 32.0 Å². The average molecular weight is 341 g/mol. The van der Waals surface area contributed by atoms with Crippen LogP contribution in [0.15, 0.2) is 18.2 Å². The number of amides is 2. The Morgan fingerprint density at radius 3 is 2.38 bits per heavy atom. The molecule has 1 aliphatic rings. The zero-order chi connectivity index (χ0) is 17.7. The van der Waals surface area contributed by atoms with Gasteiger partial charge in [-0.2, -0.15) is 0 Å². The molecule has 0 aromatic heterocycles. The Morgan fingerprint density at radius 2 is 1.79 bits per heavy atom. The lowest BCUT2D eigenvalue weighted by Crippen LogP contribution is -2.51. The predicted molar refractivity (Wildman–Crippen MR) is 83.4 cm³/mol. The minimum Gasteiger partial charge on any atom is -0.388 e. The number of benzene rings is 1. The molecular formula is C16H21F2N3O3. The van der Waals surface area contributed by atoms with E-state index >= 15 is 0 Å². The molecule has 24 heavy (non-hydrogen) atoms. The number of halogens is 2. The topological polar surface area (TPSA) is 81.7 Å². The van der Waals surface area contributed by atoms with Gasteiger partial charge in [-0.25, -0.2) is 8.78 Å². The Kier molecular flexibility index (Phi) is 5.84. The van der Waals surface area contributed by atoms with Crippen molar-refractivity contribution in [1.82, 2.24) is 15.5 Å². The number of nitrogens with zero attached hydrogens (tertiary/aromatic N) is 1. The fourth-order valence-electron chi connectivity index (χ4n) is 2.50. The molecule has 2 rings (SSSR count). The lowest BCUT2D eigenvalue weighted by molar-refractivity contribution is -0.122. The third-order valence-electron chi connectivity index (χ3n) is 4.13. The standard InChI is InChI=1S/C16H21F2N3O3/c1-21-7-5-16(24,6-8-21)10-20-13(22)9-19-15(23)14-11(17)3-2-4-12(14)18/h2-4,24H,5-10H2,1H3,(H,19,23)(H,20,22). The number of rotatable bonds is 5. The first-order valence-electron chi connectivity index (χ1n) is 7.70. The first kappa shape index (κ1) is 18.3. The van der Waals surface area contributed by atoms with Crippen molar-refractivity contribution in [3.05, 3.63) is 35.4 Å². The maximum Gasteiger partial charge on any atom is 0.257 e. The van der Waals surface area contributed by atoms with Crippen LogP contribution in [0.5, 0.6) is 0 Å². The highest BCUT2D eigenvalue weighted by Crippen LogP contribution is 2.20. The summed E-state index contributed by atoms with van der Waals surface area (Å²) in [5, 5.41) is 15.0. The summed E-state index contributed by atoms with van der Waals surface area (Å²) in [5.41, 5.74) is -1.69. The van der Waals surface area contributed by atoms with Crippen LogP contribution in [-0.2, 0) is 4.79 Å². The molecule has 1 heterocycles. The Hall–Kier alpha value is -2.06. The van der Waals surface area contributed by atoms with E-state index in [4.69, 9.17) is 0 Å². The van der Waals surface area contributed by atoms with Crippen molar-refractivity contribution in [2.75, 3.05) is 33.2 Å². The summed E-state index contributed by atoms with van der Waals surface area (Å²) in [4.78, 5) is 25.6. The molecule has 0 unspecified atom stereocenters. The normalized spacial score (nSPS) is 17.3. The molecule has 0 bridgehead atoms. The third kappa shape index (κ3) is 4.72. The molecule has 3 N–H and O–H groups in total. The molecule has 1 aromatic carbocycles. The molecule has 0 radical (unpaired) electrons. The Bertz CT molecular complexity index is 596. The van der Waals surface area contributed by atoms with Crippen molar-refractivity contribution in [3.8, 4) is 0 Å². The zero-order valence-corrected chi connectivity index (χ0v) is 13.4. The number of aliphatic hydroxyl groups is 1. The minimum atomic E-state index is -1.00. The molecule has 1 fully saturated rings. The van der Waals surface area contributed by atoms with Gasteiger partial charge in [0, 0.05) is 19.6 Å². The lowest BCUT2D eigenvalue weighted by atomic mass is 9.91. The third-order valence-corrected chi connectivity index (χ3v) is 4.13. The van der Waals surface area contributed by atoms with Crippen LogP contribution in [0.1, 0.15) is 23.2 Å². The van der Waals surface area contributed by atoms with E-state index in [1.54, 1.807) is 0 Å². The predicted octanol–water partition coefficient (Wildman–Crippen LogP) is 0.267. The molecule has 0 atom stereocenters. The number of carbonyl (C=O) groups is 2. The molecule has 132 valence electrons. The molecule has 2 amide bonds. The largest absolute Gasteiger partial charge is 0.388 e. The second-order valence-electron chi connectivity index (χ2n) is 6.08. The van der Waals surface area contributed by atoms with Gasteiger partial charge in [0.25, 0.3) is 5.91 Å². The highest BCUT2D eigenvalue weighted by molar-refractivity contribution is 5.96. The summed E-state index contributed by atoms with van der Waals surface area (Å²) in [6, 6.07) is 3.08. The van der Waals surface area contributed by atoms with Gasteiger partial charge < -0.3 is 20.6 Å². The van der Waals surface area contributed by atoms with Crippen LogP contribution >= 0.6 is 0 Å². The van der Waals surface area contributed by atoms with Gasteiger partial charge in [-0.15, -0.1) is 0 Å². The van der Waals surface area contributed by atoms with E-state index in [1.807, 2.05) is 7.05 Å². The molecule has 1 aliphatic heterocycles. The maximum absolute atomic E-state index is 13.5. The highest BCUT2D eigenvalue weighted by Gasteiger charge is 2.31. The van der Waals surface area contributed by atoms with E-state index in [0.29, 0.717) is 12.8 Å². The van der Waals surface area contributed by atoms with Crippen molar-refractivity contribution in [2.45, 2.75) is 18.4 Å². The second-order valence-corrected chi connectivity index (χ2v) is 6.08. The van der Waals surface area contributed by atoms with Gasteiger partial charge in [0.15, 0.2) is 0 Å². The van der Waals surface area contributed by atoms with Gasteiger partial charge >= 0.3 is 0 Å². The van der Waals surface area contributed by atoms with Crippen LogP contribution in [0.25, 0.3) is 0 Å². The maximum atomic E-state index is 13.5. The van der Waals surface area contributed by atoms with Gasteiger partial charge in [0.2, 0.25) is 5.91 Å². The summed E-state index contributed by atoms with van der Waals surface area (Å²) in [7, 11) is 1.95. The van der Waals surface area contributed by atoms with E-state index in [2.05, 4.69) is 15.5 Å². The molecule has 0 saturated carbocycles. The summed E-state index contributed by atoms with van der Waals surface area (Å²) in [5.74, 6) is -3.52. The average Bonchev–Trinajstić information content (AvgIpc) is 2.54. The molecule has 0 spiro atoms. The van der Waals surface area contributed by atoms with Crippen molar-refractivity contribution >= 4 is 11.8 Å². The van der Waals surface area contributed by atoms with Crippen LogP contribution in [0.2, 0.25) is 0 Å². The second kappa shape index (κ2) is 7.67. The van der Waals surface area contributed by atoms with Crippen LogP contribution < -0.4 is 10.6 Å². The fraction of sp³-hybridized carbons (Fsp3) is 0.500. The van der Waals surface area contributed by atoms with E-state index < -0.39 is 41.2 Å². The van der Waals surface area contributed by atoms with Crippen molar-refractivity contribution in [2.24, 2.45) is 0 Å². The van der Waals surface area contributed by atoms with E-state index in [1.165, 1.54) is 0 Å². The Labute approximate surface area is 138 Å². The number of likely N-dealkylation sites (tertiary alicyclic amines) is 1. The summed E-state index contributed by atoms with van der Waals surface area (Å²) < 4.78 is 26.9. The number of hydrogen-bond acceptors (Lipinski definition) is 4. The van der Waals surface area contributed by atoms with Gasteiger partial charge in [-0.1, -0.05) is 6.07 Å². The summed E-state index contributed by atoms with van der Waals surface area (Å²) in [6.07, 6.45) is 1.08. The van der Waals surface area contributed by atoms with Crippen LogP contribution in [-0.4, -0.2) is 60.6 Å². The fourth-order valence-corrected chi connectivity index (χ4v) is 2.50. The number of nitrogens with one attached hydrogen (secondary N) is 2. The van der Waals surface area contributed by atoms with E-state index in [-0.39, 0.29) is 6.54 Å². The van der Waals surface area contributed by atoms with Crippen LogP contribution in [0.3, 0.4) is 0 Å². The minimum absolute atomic E-state index is 0.0730. The summed E-state index contributed by atoms with van der Waals surface area (Å²) >= 11 is 0. The smallest absolute Gasteiger partial charge is 0.257 e. The molecular weight excluding hydrogens is 320 g/mol. The summed E-state index contributed by atoms with van der Waals surface area (Å²) in [6.45, 7) is 1.11. The van der Waals surface area contributed by atoms with Gasteiger partial charge in [-0.3, -0.25) is 9.59 Å². The molecule has 1 saturated heterocycles. The molecule has 6 nitrogen and oxygen atoms in total. The Balaban J connectivity index is 1.80. The zero-order valence-electron chi connectivity index (χ0n) is 13.4. The van der Waals surface area contributed by atoms with E-state index in [0.717, 1.165) is 31.3 Å². The molecule has 0 aliphatic carbocycles. The molecule has 8 heteroatoms. The quantitative estimate of drug-likeness (QED) is 0.718. The first-order chi connectivity index (χ1) is 11.3. The monoisotopic (exact) mass is 341 g/mol. The van der Waals surface area contributed by atoms with Crippen molar-refractivity contribution < 1.29 is 23.5 Å². The number of hydrogen-bond donors (Lipinski definition) is 3. The van der Waals surface area contributed by atoms with Crippen molar-refractivity contribution in [3.63, 3.8) is 0 Å². The van der Waals surface area contributed by atoms with Gasteiger partial charge in [0.1, 0.15) is 17.2 Å².